The van der Waals surface area contributed by atoms with Crippen molar-refractivity contribution in [2.24, 2.45) is 0 Å². The van der Waals surface area contributed by atoms with Crippen LogP contribution in [0.3, 0.4) is 0 Å². The van der Waals surface area contributed by atoms with Crippen molar-refractivity contribution in [3.05, 3.63) is 0 Å². The van der Waals surface area contributed by atoms with Gasteiger partial charge in [0.1, 0.15) is 0 Å². The van der Waals surface area contributed by atoms with Gasteiger partial charge < -0.3 is 15.3 Å². The average molecular weight is 373 g/mol. The molecule has 0 aromatic carbocycles. The lowest BCUT2D eigenvalue weighted by Crippen LogP contribution is -2.39. The molecule has 2 unspecified atom stereocenters. The van der Waals surface area contributed by atoms with Crippen LogP contribution in [0.15, 0.2) is 0 Å². The number of aliphatic hydroxyl groups excluding tert-OH is 1. The summed E-state index contributed by atoms with van der Waals surface area (Å²) < 4.78 is 0. The number of unbranched alkanes of at least 4 members (excludes halogenated alkanes) is 13. The molecule has 0 radical (unpaired) electrons. The molecule has 2 atom stereocenters. The SMILES string of the molecule is CCCCCCCCCCCCCCCCC(O)(CCC(C)O)C(=O)O. The maximum Gasteiger partial charge on any atom is 0.335 e. The lowest BCUT2D eigenvalue weighted by Gasteiger charge is -2.24. The fourth-order valence-corrected chi connectivity index (χ4v) is 3.40. The first-order chi connectivity index (χ1) is 12.4. The Bertz CT molecular complexity index is 330. The Morgan fingerprint density at radius 1 is 0.769 bits per heavy atom. The molecule has 156 valence electrons. The van der Waals surface area contributed by atoms with E-state index >= 15 is 0 Å². The normalized spacial score (nSPS) is 14.9. The predicted molar refractivity (Wildman–Crippen MR) is 108 cm³/mol. The first-order valence-corrected chi connectivity index (χ1v) is 11.1. The van der Waals surface area contributed by atoms with E-state index in [-0.39, 0.29) is 12.8 Å². The third kappa shape index (κ3) is 14.5. The minimum Gasteiger partial charge on any atom is -0.479 e. The molecule has 0 rings (SSSR count). The first kappa shape index (κ1) is 25.4. The molecule has 0 spiro atoms. The van der Waals surface area contributed by atoms with Crippen LogP contribution >= 0.6 is 0 Å². The van der Waals surface area contributed by atoms with Crippen LogP contribution in [0.4, 0.5) is 0 Å². The highest BCUT2D eigenvalue weighted by Crippen LogP contribution is 2.23. The summed E-state index contributed by atoms with van der Waals surface area (Å²) in [6.45, 7) is 3.87. The van der Waals surface area contributed by atoms with E-state index < -0.39 is 17.7 Å². The number of hydrogen-bond acceptors (Lipinski definition) is 3. The maximum atomic E-state index is 11.3. The van der Waals surface area contributed by atoms with Crippen molar-refractivity contribution in [1.29, 1.82) is 0 Å². The molecule has 0 heterocycles. The second kappa shape index (κ2) is 16.6. The lowest BCUT2D eigenvalue weighted by atomic mass is 9.90. The summed E-state index contributed by atoms with van der Waals surface area (Å²) in [7, 11) is 0. The summed E-state index contributed by atoms with van der Waals surface area (Å²) in [6.07, 6.45) is 17.7. The summed E-state index contributed by atoms with van der Waals surface area (Å²) in [5.74, 6) is -1.16. The van der Waals surface area contributed by atoms with E-state index in [9.17, 15) is 20.1 Å². The van der Waals surface area contributed by atoms with Gasteiger partial charge in [-0.05, 0) is 32.6 Å². The van der Waals surface area contributed by atoms with Crippen LogP contribution in [0.1, 0.15) is 123 Å². The van der Waals surface area contributed by atoms with E-state index in [1.807, 2.05) is 0 Å². The van der Waals surface area contributed by atoms with Gasteiger partial charge in [0.2, 0.25) is 0 Å². The molecule has 0 saturated heterocycles. The zero-order chi connectivity index (χ0) is 19.7. The van der Waals surface area contributed by atoms with Crippen molar-refractivity contribution in [2.75, 3.05) is 0 Å². The maximum absolute atomic E-state index is 11.3. The zero-order valence-electron chi connectivity index (χ0n) is 17.3. The molecule has 0 aromatic heterocycles. The Hall–Kier alpha value is -0.610. The molecule has 0 saturated carbocycles. The highest BCUT2D eigenvalue weighted by Gasteiger charge is 2.34. The van der Waals surface area contributed by atoms with E-state index in [0.29, 0.717) is 6.42 Å². The van der Waals surface area contributed by atoms with Crippen LogP contribution in [0.5, 0.6) is 0 Å². The minimum atomic E-state index is -1.67. The van der Waals surface area contributed by atoms with Gasteiger partial charge in [-0.15, -0.1) is 0 Å². The highest BCUT2D eigenvalue weighted by atomic mass is 16.4. The summed E-state index contributed by atoms with van der Waals surface area (Å²) >= 11 is 0. The summed E-state index contributed by atoms with van der Waals surface area (Å²) in [6, 6.07) is 0. The average Bonchev–Trinajstić information content (AvgIpc) is 2.60. The third-order valence-electron chi connectivity index (χ3n) is 5.32. The van der Waals surface area contributed by atoms with E-state index in [1.54, 1.807) is 6.92 Å². The number of carbonyl (C=O) groups is 1. The van der Waals surface area contributed by atoms with Gasteiger partial charge >= 0.3 is 5.97 Å². The molecule has 0 aliphatic carbocycles. The Morgan fingerprint density at radius 2 is 1.15 bits per heavy atom. The van der Waals surface area contributed by atoms with E-state index in [2.05, 4.69) is 6.92 Å². The van der Waals surface area contributed by atoms with Crippen molar-refractivity contribution < 1.29 is 20.1 Å². The lowest BCUT2D eigenvalue weighted by molar-refractivity contribution is -0.160. The van der Waals surface area contributed by atoms with Crippen LogP contribution in [0.2, 0.25) is 0 Å². The van der Waals surface area contributed by atoms with Crippen LogP contribution < -0.4 is 0 Å². The minimum absolute atomic E-state index is 0.123. The number of hydrogen-bond donors (Lipinski definition) is 3. The molecule has 4 nitrogen and oxygen atoms in total. The van der Waals surface area contributed by atoms with Gasteiger partial charge in [-0.3, -0.25) is 0 Å². The van der Waals surface area contributed by atoms with Crippen LogP contribution in [0.25, 0.3) is 0 Å². The van der Waals surface area contributed by atoms with Crippen LogP contribution in [0, 0.1) is 0 Å². The van der Waals surface area contributed by atoms with Gasteiger partial charge in [-0.2, -0.15) is 0 Å². The zero-order valence-corrected chi connectivity index (χ0v) is 17.3. The quantitative estimate of drug-likeness (QED) is 0.249. The largest absolute Gasteiger partial charge is 0.479 e. The molecule has 0 bridgehead atoms. The highest BCUT2D eigenvalue weighted by molar-refractivity contribution is 5.76. The smallest absolute Gasteiger partial charge is 0.335 e. The van der Waals surface area contributed by atoms with Gasteiger partial charge in [0.05, 0.1) is 6.10 Å². The summed E-state index contributed by atoms with van der Waals surface area (Å²) in [5, 5.41) is 28.7. The predicted octanol–water partition coefficient (Wildman–Crippen LogP) is 5.83. The molecule has 3 N–H and O–H groups in total. The molecule has 4 heteroatoms. The van der Waals surface area contributed by atoms with Gasteiger partial charge in [-0.1, -0.05) is 90.4 Å². The molecular formula is C22H44O4. The van der Waals surface area contributed by atoms with E-state index in [1.165, 1.54) is 70.6 Å². The van der Waals surface area contributed by atoms with E-state index in [4.69, 9.17) is 0 Å². The molecule has 0 aliphatic heterocycles. The molecule has 0 aliphatic rings. The number of carboxylic acid groups (broad SMARTS) is 1. The van der Waals surface area contributed by atoms with Gasteiger partial charge in [0.25, 0.3) is 0 Å². The second-order valence-electron chi connectivity index (χ2n) is 8.07. The molecule has 0 fully saturated rings. The van der Waals surface area contributed by atoms with Gasteiger partial charge in [-0.25, -0.2) is 4.79 Å². The molecule has 0 aromatic rings. The van der Waals surface area contributed by atoms with Crippen molar-refractivity contribution in [2.45, 2.75) is 135 Å². The Morgan fingerprint density at radius 3 is 1.50 bits per heavy atom. The van der Waals surface area contributed by atoms with Gasteiger partial charge in [0, 0.05) is 0 Å². The topological polar surface area (TPSA) is 77.8 Å². The Labute approximate surface area is 161 Å². The van der Waals surface area contributed by atoms with E-state index in [0.717, 1.165) is 19.3 Å². The number of rotatable bonds is 19. The fourth-order valence-electron chi connectivity index (χ4n) is 3.40. The fraction of sp³-hybridized carbons (Fsp3) is 0.955. The molecule has 0 amide bonds. The Kier molecular flexibility index (Phi) is 16.2. The van der Waals surface area contributed by atoms with Gasteiger partial charge in [0.15, 0.2) is 5.60 Å². The monoisotopic (exact) mass is 372 g/mol. The standard InChI is InChI=1S/C22H44O4/c1-3-4-5-6-7-8-9-10-11-12-13-14-15-16-18-22(26,21(24)25)19-17-20(2)23/h20,23,26H,3-19H2,1-2H3,(H,24,25). The number of aliphatic carboxylic acids is 1. The molecule has 26 heavy (non-hydrogen) atoms. The van der Waals surface area contributed by atoms with Crippen molar-refractivity contribution in [1.82, 2.24) is 0 Å². The Balaban J connectivity index is 3.49. The second-order valence-corrected chi connectivity index (χ2v) is 8.07. The van der Waals surface area contributed by atoms with Crippen molar-refractivity contribution in [3.8, 4) is 0 Å². The third-order valence-corrected chi connectivity index (χ3v) is 5.32. The first-order valence-electron chi connectivity index (χ1n) is 11.1. The van der Waals surface area contributed by atoms with Crippen molar-refractivity contribution in [3.63, 3.8) is 0 Å². The number of carboxylic acids is 1. The summed E-state index contributed by atoms with van der Waals surface area (Å²) in [5.41, 5.74) is -1.67. The molecular weight excluding hydrogens is 328 g/mol. The van der Waals surface area contributed by atoms with Crippen LogP contribution in [-0.2, 0) is 4.79 Å². The van der Waals surface area contributed by atoms with Crippen molar-refractivity contribution >= 4 is 5.97 Å². The van der Waals surface area contributed by atoms with Crippen LogP contribution in [-0.4, -0.2) is 33.0 Å². The summed E-state index contributed by atoms with van der Waals surface area (Å²) in [4.78, 5) is 11.3. The number of aliphatic hydroxyl groups is 2.